The molecule has 2 heterocycles. The summed E-state index contributed by atoms with van der Waals surface area (Å²) < 4.78 is 24.8. The number of amides is 2. The monoisotopic (exact) mass is 444 g/mol. The van der Waals surface area contributed by atoms with Crippen LogP contribution in [-0.4, -0.2) is 65.1 Å². The zero-order chi connectivity index (χ0) is 21.8. The van der Waals surface area contributed by atoms with E-state index in [0.29, 0.717) is 54.2 Å². The summed E-state index contributed by atoms with van der Waals surface area (Å²) in [4.78, 5) is 32.5. The number of alkyl halides is 2. The normalized spacial score (nSPS) is 14.9. The molecule has 1 saturated heterocycles. The Bertz CT molecular complexity index is 1030. The van der Waals surface area contributed by atoms with Crippen LogP contribution in [0.4, 0.5) is 14.5 Å². The first-order valence-electron chi connectivity index (χ1n) is 9.92. The summed E-state index contributed by atoms with van der Waals surface area (Å²) in [6, 6.07) is 16.0. The van der Waals surface area contributed by atoms with E-state index in [2.05, 4.69) is 10.3 Å². The Labute approximate surface area is 182 Å². The minimum atomic E-state index is -2.47. The van der Waals surface area contributed by atoms with Crippen LogP contribution in [0.5, 0.6) is 0 Å². The van der Waals surface area contributed by atoms with Crippen molar-refractivity contribution in [2.24, 2.45) is 0 Å². The molecule has 1 aliphatic heterocycles. The smallest absolute Gasteiger partial charge is 0.288 e. The van der Waals surface area contributed by atoms with E-state index >= 15 is 0 Å². The van der Waals surface area contributed by atoms with Crippen LogP contribution in [0, 0.1) is 0 Å². The second kappa shape index (κ2) is 9.49. The predicted octanol–water partition coefficient (Wildman–Crippen LogP) is 3.88. The number of hydrogen-bond donors (Lipinski definition) is 2. The van der Waals surface area contributed by atoms with E-state index in [9.17, 15) is 18.4 Å². The molecule has 0 aliphatic carbocycles. The number of aromatic nitrogens is 1. The van der Waals surface area contributed by atoms with Gasteiger partial charge in [-0.15, -0.1) is 0 Å². The number of para-hydroxylation sites is 1. The Morgan fingerprint density at radius 1 is 1.03 bits per heavy atom. The van der Waals surface area contributed by atoms with E-state index in [1.807, 2.05) is 35.2 Å². The Hall–Kier alpha value is -2.91. The zero-order valence-corrected chi connectivity index (χ0v) is 17.5. The fraction of sp³-hybridized carbons (Fsp3) is 0.273. The van der Waals surface area contributed by atoms with Gasteiger partial charge in [0.2, 0.25) is 5.91 Å². The van der Waals surface area contributed by atoms with Gasteiger partial charge in [0.05, 0.1) is 6.54 Å². The molecule has 0 spiro atoms. The van der Waals surface area contributed by atoms with Gasteiger partial charge >= 0.3 is 0 Å². The van der Waals surface area contributed by atoms with Crippen molar-refractivity contribution in [1.29, 1.82) is 0 Å². The number of nitrogens with zero attached hydrogens (tertiary/aromatic N) is 2. The second-order valence-electron chi connectivity index (χ2n) is 7.29. The summed E-state index contributed by atoms with van der Waals surface area (Å²) >= 11 is 0.468. The first kappa shape index (κ1) is 21.3. The zero-order valence-electron chi connectivity index (χ0n) is 16.7. The first-order valence-corrected chi connectivity index (χ1v) is 10.8. The van der Waals surface area contributed by atoms with Gasteiger partial charge in [0.25, 0.3) is 11.7 Å². The van der Waals surface area contributed by atoms with Gasteiger partial charge < -0.3 is 15.2 Å². The van der Waals surface area contributed by atoms with Crippen LogP contribution in [0.25, 0.3) is 10.9 Å². The molecule has 1 aromatic heterocycles. The number of piperazine rings is 1. The third-order valence-corrected chi connectivity index (χ3v) is 5.87. The number of anilines is 1. The number of thioether (sulfide) groups is 1. The van der Waals surface area contributed by atoms with Gasteiger partial charge in [-0.3, -0.25) is 14.5 Å². The third kappa shape index (κ3) is 5.42. The average Bonchev–Trinajstić information content (AvgIpc) is 3.19. The van der Waals surface area contributed by atoms with E-state index in [1.54, 1.807) is 29.2 Å². The van der Waals surface area contributed by atoms with Crippen LogP contribution in [-0.2, 0) is 4.79 Å². The summed E-state index contributed by atoms with van der Waals surface area (Å²) in [6.45, 7) is 2.50. The number of rotatable bonds is 6. The molecule has 4 rings (SSSR count). The highest BCUT2D eigenvalue weighted by atomic mass is 32.2. The molecule has 1 fully saturated rings. The Morgan fingerprint density at radius 3 is 2.42 bits per heavy atom. The molecule has 31 heavy (non-hydrogen) atoms. The average molecular weight is 445 g/mol. The van der Waals surface area contributed by atoms with Crippen molar-refractivity contribution in [1.82, 2.24) is 14.8 Å². The van der Waals surface area contributed by atoms with Crippen LogP contribution in [0.1, 0.15) is 10.5 Å². The maximum Gasteiger partial charge on any atom is 0.288 e. The fourth-order valence-electron chi connectivity index (χ4n) is 3.59. The van der Waals surface area contributed by atoms with Crippen molar-refractivity contribution in [3.8, 4) is 0 Å². The Balaban J connectivity index is 1.25. The summed E-state index contributed by atoms with van der Waals surface area (Å²) in [5.41, 5.74) is 2.07. The lowest BCUT2D eigenvalue weighted by atomic mass is 10.2. The van der Waals surface area contributed by atoms with Crippen LogP contribution >= 0.6 is 11.8 Å². The Morgan fingerprint density at radius 2 is 1.74 bits per heavy atom. The molecule has 3 aromatic rings. The molecular formula is C22H22F2N4O2S. The number of halogens is 2. The second-order valence-corrected chi connectivity index (χ2v) is 8.35. The van der Waals surface area contributed by atoms with Gasteiger partial charge in [0, 0.05) is 47.7 Å². The SMILES string of the molecule is O=C(CN1CCN(C(=O)c2cc3ccccc3[nH]2)CC1)Nc1ccc(SC(F)F)cc1. The summed E-state index contributed by atoms with van der Waals surface area (Å²) in [5.74, 6) is -2.69. The molecule has 0 saturated carbocycles. The highest BCUT2D eigenvalue weighted by Crippen LogP contribution is 2.26. The largest absolute Gasteiger partial charge is 0.351 e. The van der Waals surface area contributed by atoms with E-state index in [0.717, 1.165) is 10.9 Å². The maximum absolute atomic E-state index is 12.8. The van der Waals surface area contributed by atoms with Crippen LogP contribution in [0.15, 0.2) is 59.5 Å². The minimum absolute atomic E-state index is 0.0398. The molecule has 0 atom stereocenters. The molecule has 0 radical (unpaired) electrons. The van der Waals surface area contributed by atoms with Crippen LogP contribution in [0.3, 0.4) is 0 Å². The number of aromatic amines is 1. The van der Waals surface area contributed by atoms with E-state index in [1.165, 1.54) is 0 Å². The lowest BCUT2D eigenvalue weighted by Gasteiger charge is -2.34. The highest BCUT2D eigenvalue weighted by molar-refractivity contribution is 7.99. The number of hydrogen-bond acceptors (Lipinski definition) is 4. The number of benzene rings is 2. The molecule has 0 bridgehead atoms. The highest BCUT2D eigenvalue weighted by Gasteiger charge is 2.24. The minimum Gasteiger partial charge on any atom is -0.351 e. The maximum atomic E-state index is 12.8. The fourth-order valence-corrected chi connectivity index (χ4v) is 4.09. The van der Waals surface area contributed by atoms with Crippen LogP contribution in [0.2, 0.25) is 0 Å². The van der Waals surface area contributed by atoms with Gasteiger partial charge in [-0.05, 0) is 36.4 Å². The van der Waals surface area contributed by atoms with Gasteiger partial charge in [-0.2, -0.15) is 8.78 Å². The van der Waals surface area contributed by atoms with Crippen molar-refractivity contribution in [2.45, 2.75) is 10.7 Å². The molecular weight excluding hydrogens is 422 g/mol. The van der Waals surface area contributed by atoms with Crippen molar-refractivity contribution >= 4 is 40.2 Å². The number of nitrogens with one attached hydrogen (secondary N) is 2. The summed E-state index contributed by atoms with van der Waals surface area (Å²) in [5, 5.41) is 3.78. The van der Waals surface area contributed by atoms with Crippen LogP contribution < -0.4 is 5.32 Å². The number of fused-ring (bicyclic) bond motifs is 1. The molecule has 2 aromatic carbocycles. The van der Waals surface area contributed by atoms with Crippen molar-refractivity contribution in [3.63, 3.8) is 0 Å². The predicted molar refractivity (Wildman–Crippen MR) is 118 cm³/mol. The Kier molecular flexibility index (Phi) is 6.53. The lowest BCUT2D eigenvalue weighted by Crippen LogP contribution is -2.50. The van der Waals surface area contributed by atoms with Crippen molar-refractivity contribution < 1.29 is 18.4 Å². The van der Waals surface area contributed by atoms with E-state index < -0.39 is 5.76 Å². The summed E-state index contributed by atoms with van der Waals surface area (Å²) in [7, 11) is 0. The standard InChI is InChI=1S/C22H22F2N4O2S/c23-22(24)31-17-7-5-16(6-8-17)25-20(29)14-27-9-11-28(12-10-27)21(30)19-13-15-3-1-2-4-18(15)26-19/h1-8,13,22,26H,9-12,14H2,(H,25,29). The number of carbonyl (C=O) groups is 2. The van der Waals surface area contributed by atoms with Gasteiger partial charge in [0.1, 0.15) is 5.69 Å². The molecule has 2 amide bonds. The quantitative estimate of drug-likeness (QED) is 0.567. The van der Waals surface area contributed by atoms with Gasteiger partial charge in [-0.1, -0.05) is 30.0 Å². The topological polar surface area (TPSA) is 68.4 Å². The first-order chi connectivity index (χ1) is 15.0. The number of carbonyl (C=O) groups excluding carboxylic acids is 2. The summed E-state index contributed by atoms with van der Waals surface area (Å²) in [6.07, 6.45) is 0. The van der Waals surface area contributed by atoms with E-state index in [4.69, 9.17) is 0 Å². The van der Waals surface area contributed by atoms with Gasteiger partial charge in [0.15, 0.2) is 0 Å². The van der Waals surface area contributed by atoms with Crippen molar-refractivity contribution in [3.05, 3.63) is 60.3 Å². The van der Waals surface area contributed by atoms with Gasteiger partial charge in [-0.25, -0.2) is 0 Å². The third-order valence-electron chi connectivity index (χ3n) is 5.15. The molecule has 162 valence electrons. The molecule has 2 N–H and O–H groups in total. The number of H-pyrrole nitrogens is 1. The van der Waals surface area contributed by atoms with Crippen molar-refractivity contribution in [2.75, 3.05) is 38.0 Å². The van der Waals surface area contributed by atoms with E-state index in [-0.39, 0.29) is 18.4 Å². The molecule has 0 unspecified atom stereocenters. The lowest BCUT2D eigenvalue weighted by molar-refractivity contribution is -0.117. The molecule has 9 heteroatoms. The molecule has 6 nitrogen and oxygen atoms in total. The molecule has 1 aliphatic rings.